The van der Waals surface area contributed by atoms with Crippen molar-refractivity contribution in [2.75, 3.05) is 35.5 Å². The summed E-state index contributed by atoms with van der Waals surface area (Å²) in [4.78, 5) is 10.7. The van der Waals surface area contributed by atoms with Crippen LogP contribution in [0.25, 0.3) is 0 Å². The first-order valence-electron chi connectivity index (χ1n) is 24.0. The van der Waals surface area contributed by atoms with Gasteiger partial charge in [0.2, 0.25) is 50.1 Å². The molecule has 0 bridgehead atoms. The topological polar surface area (TPSA) is 475 Å². The van der Waals surface area contributed by atoms with Gasteiger partial charge in [0.25, 0.3) is 0 Å². The summed E-state index contributed by atoms with van der Waals surface area (Å²) in [6.45, 7) is 8.60. The van der Waals surface area contributed by atoms with Gasteiger partial charge in [-0.15, -0.1) is 0 Å². The molecule has 0 aliphatic heterocycles. The summed E-state index contributed by atoms with van der Waals surface area (Å²) in [6.07, 6.45) is 2.28. The van der Waals surface area contributed by atoms with E-state index in [1.807, 2.05) is 20.8 Å². The number of nitrogens with zero attached hydrogens (tertiary/aromatic N) is 1. The van der Waals surface area contributed by atoms with Gasteiger partial charge in [-0.2, -0.15) is 0 Å². The maximum atomic E-state index is 11.3. The number of ketones is 1. The summed E-state index contributed by atoms with van der Waals surface area (Å²) in [7, 11) is -12.1. The van der Waals surface area contributed by atoms with Gasteiger partial charge >= 0.3 is 50.5 Å². The van der Waals surface area contributed by atoms with Crippen LogP contribution >= 0.6 is 37.2 Å². The van der Waals surface area contributed by atoms with Gasteiger partial charge in [-0.1, -0.05) is 65.2 Å². The second-order valence-electron chi connectivity index (χ2n) is 18.1. The number of ether oxygens (including phenoxy) is 5. The van der Waals surface area contributed by atoms with E-state index in [9.17, 15) is 46.9 Å². The fourth-order valence-electron chi connectivity index (χ4n) is 7.05. The standard InChI is InChI=1S/C10H14N2O4S.3C10H16N2O3S.C10H13NO4S.4CH4.I3/c1-7(12-13)5-8-3-4-9(16-2)10(6-8)17(11,14)15;3*1-7(11)5-8-3-4-9(15-2)10(6-8)16(12,13)14;1-7(12)5-8-3-4-9(15-2)10(6-8)16(11,13)14;;;;;1-3-2/h3-4,6,13H,5H2,1-2H3,(H2,11,14,15);3*3-4,6-7H,5,11H2,1-2H3,(H2,12,13,14);3-4,6H,5H2,1-2H3,(H2,11,13,14);4*1H4;/q;;;;;;;;;-1/b12-7+;;;;;;;;;/t;2*7-;;;;;;;/m.00......./s1. The van der Waals surface area contributed by atoms with E-state index in [1.54, 1.807) is 55.5 Å². The third-order valence-electron chi connectivity index (χ3n) is 10.4. The second kappa shape index (κ2) is 43.6. The number of benzene rings is 5. The Kier molecular flexibility index (Phi) is 45.9. The Morgan fingerprint density at radius 2 is 0.614 bits per heavy atom. The number of methoxy groups -OCH3 is 5. The summed E-state index contributed by atoms with van der Waals surface area (Å²) in [5.41, 5.74) is 21.1. The van der Waals surface area contributed by atoms with Crippen LogP contribution in [0.3, 0.4) is 0 Å². The SMILES string of the molecule is C.C.C.C.COc1ccc(C/C(C)=N/O)cc1S(N)(=O)=O.COc1ccc(CC(C)=O)cc1S(N)(=O)=O.COc1ccc(CC(C)N)cc1S(N)(=O)=O.COc1ccc(C[C@H](C)N)cc1S(N)(=O)=O.COc1ccc(C[C@H](C)N)cc1S(N)(=O)=O.I[I-]I. The molecular weight excluding hydrogens is 1590 g/mol. The van der Waals surface area contributed by atoms with Crippen LogP contribution < -0.4 is 79.8 Å². The molecule has 0 aliphatic carbocycles. The molecule has 88 heavy (non-hydrogen) atoms. The maximum absolute atomic E-state index is 11.3. The van der Waals surface area contributed by atoms with Gasteiger partial charge in [0.05, 0.1) is 41.3 Å². The van der Waals surface area contributed by atoms with Crippen molar-refractivity contribution in [1.82, 2.24) is 0 Å². The first-order chi connectivity index (χ1) is 38.7. The van der Waals surface area contributed by atoms with Crippen molar-refractivity contribution >= 4 is 98.8 Å². The molecule has 0 saturated carbocycles. The summed E-state index contributed by atoms with van der Waals surface area (Å²) in [5, 5.41) is 37.0. The van der Waals surface area contributed by atoms with Crippen LogP contribution in [0.5, 0.6) is 28.7 Å². The molecule has 1 unspecified atom stereocenters. The van der Waals surface area contributed by atoms with Crippen molar-refractivity contribution < 1.29 is 89.0 Å². The zero-order valence-corrected chi connectivity index (χ0v) is 58.2. The molecule has 0 saturated heterocycles. The van der Waals surface area contributed by atoms with E-state index in [-0.39, 0.29) is 113 Å². The minimum atomic E-state index is -3.84. The molecule has 0 aliphatic rings. The van der Waals surface area contributed by atoms with Gasteiger partial charge in [-0.3, -0.25) is 4.79 Å². The van der Waals surface area contributed by atoms with Gasteiger partial charge in [-0.05, 0) is 142 Å². The molecule has 34 heteroatoms. The fraction of sp³-hybridized carbons (Fsp3) is 0.407. The normalized spacial score (nSPS) is 12.1. The number of primary sulfonamides is 5. The van der Waals surface area contributed by atoms with Gasteiger partial charge in [0.1, 0.15) is 59.0 Å². The molecule has 0 spiro atoms. The number of rotatable bonds is 20. The third kappa shape index (κ3) is 35.5. The van der Waals surface area contributed by atoms with Gasteiger partial charge in [0.15, 0.2) is 0 Å². The number of hydrogen-bond donors (Lipinski definition) is 9. The Morgan fingerprint density at radius 1 is 0.432 bits per heavy atom. The van der Waals surface area contributed by atoms with Crippen molar-refractivity contribution in [3.05, 3.63) is 119 Å². The number of halogens is 3. The van der Waals surface area contributed by atoms with E-state index in [0.29, 0.717) is 55.8 Å². The summed E-state index contributed by atoms with van der Waals surface area (Å²) >= 11 is 5.30. The van der Waals surface area contributed by atoms with Crippen LogP contribution in [0.1, 0.15) is 92.1 Å². The van der Waals surface area contributed by atoms with E-state index < -0.39 is 50.1 Å². The predicted octanol–water partition coefficient (Wildman–Crippen LogP) is 3.23. The molecule has 506 valence electrons. The Labute approximate surface area is 552 Å². The molecule has 0 fully saturated rings. The fourth-order valence-corrected chi connectivity index (χ4v) is 10.8. The van der Waals surface area contributed by atoms with Crippen molar-refractivity contribution in [1.29, 1.82) is 0 Å². The zero-order valence-electron chi connectivity index (χ0n) is 47.6. The third-order valence-corrected chi connectivity index (χ3v) is 15.1. The number of sulfonamides is 5. The van der Waals surface area contributed by atoms with Crippen LogP contribution in [0, 0.1) is 0 Å². The first kappa shape index (κ1) is 92.6. The molecule has 0 aromatic heterocycles. The Balaban J connectivity index is -0.000000319. The molecule has 5 rings (SSSR count). The minimum absolute atomic E-state index is 0. The van der Waals surface area contributed by atoms with Gasteiger partial charge < -0.3 is 46.1 Å². The first-order valence-corrected chi connectivity index (χ1v) is 44.3. The molecule has 0 heterocycles. The van der Waals surface area contributed by atoms with Crippen LogP contribution in [0.2, 0.25) is 0 Å². The Hall–Kier alpha value is -4.14. The van der Waals surface area contributed by atoms with E-state index in [1.165, 1.54) is 84.9 Å². The Morgan fingerprint density at radius 3 is 0.773 bits per heavy atom. The molecule has 5 aromatic rings. The van der Waals surface area contributed by atoms with Crippen LogP contribution in [0.4, 0.5) is 0 Å². The quantitative estimate of drug-likeness (QED) is 0.0234. The molecule has 0 radical (unpaired) electrons. The van der Waals surface area contributed by atoms with Crippen LogP contribution in [0.15, 0.2) is 121 Å². The van der Waals surface area contributed by atoms with E-state index in [4.69, 9.17) is 71.8 Å². The number of hydrogen-bond acceptors (Lipinski definition) is 21. The number of oxime groups is 1. The monoisotopic (exact) mass is 1680 g/mol. The van der Waals surface area contributed by atoms with Gasteiger partial charge in [-0.25, -0.2) is 67.8 Å². The molecule has 17 N–H and O–H groups in total. The van der Waals surface area contributed by atoms with E-state index in [2.05, 4.69) is 42.4 Å². The molecule has 0 amide bonds. The van der Waals surface area contributed by atoms with Crippen LogP contribution in [-0.4, -0.2) is 112 Å². The van der Waals surface area contributed by atoms with Crippen molar-refractivity contribution in [3.63, 3.8) is 0 Å². The predicted molar refractivity (Wildman–Crippen MR) is 362 cm³/mol. The van der Waals surface area contributed by atoms with Crippen molar-refractivity contribution in [2.45, 2.75) is 139 Å². The summed E-state index contributed by atoms with van der Waals surface area (Å²) in [5.74, 6) is 1.05. The molecular formula is C54H91I3N9O17S5-. The van der Waals surface area contributed by atoms with E-state index >= 15 is 0 Å². The number of carbonyl (C=O) groups is 1. The molecule has 3 atom stereocenters. The average molecular weight is 1680 g/mol. The van der Waals surface area contributed by atoms with Gasteiger partial charge in [0, 0.05) is 31.0 Å². The molecule has 5 aromatic carbocycles. The summed E-state index contributed by atoms with van der Waals surface area (Å²) in [6, 6.07) is 23.5. The second-order valence-corrected chi connectivity index (χ2v) is 42.0. The average Bonchev–Trinajstić information content (AvgIpc) is 3.37. The summed E-state index contributed by atoms with van der Waals surface area (Å²) < 4.78 is 138. The van der Waals surface area contributed by atoms with Crippen molar-refractivity contribution in [3.8, 4) is 28.7 Å². The Bertz CT molecular complexity index is 3360. The zero-order chi connectivity index (χ0) is 65.1. The number of Topliss-reactive ketones (excluding diaryl/α,β-unsaturated/α-hetero) is 1. The van der Waals surface area contributed by atoms with Crippen molar-refractivity contribution in [2.24, 2.45) is 48.1 Å². The van der Waals surface area contributed by atoms with Crippen LogP contribution in [-0.2, 0) is 87.0 Å². The van der Waals surface area contributed by atoms with E-state index in [0.717, 1.165) is 16.7 Å². The number of nitrogens with two attached hydrogens (primary N) is 8. The number of carbonyl (C=O) groups excluding carboxylic acids is 1. The molecule has 26 nitrogen and oxygen atoms in total.